The van der Waals surface area contributed by atoms with E-state index in [0.717, 1.165) is 17.3 Å². The van der Waals surface area contributed by atoms with Crippen LogP contribution in [0.5, 0.6) is 0 Å². The van der Waals surface area contributed by atoms with E-state index in [4.69, 9.17) is 23.5 Å². The number of hydrogen-bond acceptors (Lipinski definition) is 3. The molecule has 0 aliphatic rings. The van der Waals surface area contributed by atoms with Gasteiger partial charge in [-0.1, -0.05) is 0 Å². The summed E-state index contributed by atoms with van der Waals surface area (Å²) in [4.78, 5) is 0. The molecule has 0 atom stereocenters. The molecule has 0 saturated heterocycles. The van der Waals surface area contributed by atoms with E-state index in [-0.39, 0.29) is 0 Å². The molecule has 0 unspecified atom stereocenters. The predicted molar refractivity (Wildman–Crippen MR) is 105 cm³/mol. The Morgan fingerprint density at radius 3 is 1.26 bits per heavy atom. The Morgan fingerprint density at radius 1 is 0.609 bits per heavy atom. The summed E-state index contributed by atoms with van der Waals surface area (Å²) in [5.41, 5.74) is 0. The van der Waals surface area contributed by atoms with Crippen LogP contribution >= 0.6 is 0 Å². The third-order valence-corrected chi connectivity index (χ3v) is 36.5. The first kappa shape index (κ1) is 24.6. The van der Waals surface area contributed by atoms with E-state index in [2.05, 4.69) is 27.7 Å². The zero-order chi connectivity index (χ0) is 17.6. The van der Waals surface area contributed by atoms with Gasteiger partial charge in [0.15, 0.2) is 0 Å². The van der Waals surface area contributed by atoms with Gasteiger partial charge in [0.1, 0.15) is 0 Å². The van der Waals surface area contributed by atoms with Crippen molar-refractivity contribution in [3.63, 3.8) is 0 Å². The molecule has 0 fully saturated rings. The summed E-state index contributed by atoms with van der Waals surface area (Å²) >= 11 is -6.54. The molecule has 0 aliphatic heterocycles. The van der Waals surface area contributed by atoms with Crippen LogP contribution in [0.1, 0.15) is 79.1 Å². The molecule has 3 nitrogen and oxygen atoms in total. The van der Waals surface area contributed by atoms with E-state index < -0.39 is 38.4 Å². The SMILES string of the molecule is [B][O][Sn]([CH2]CCC)([O][B])[O][Sn]([CH2]CCC)([CH2]CCC)[CH2]CCC. The normalized spacial score (nSPS) is 12.7. The second-order valence-electron chi connectivity index (χ2n) is 6.62. The van der Waals surface area contributed by atoms with Gasteiger partial charge in [0, 0.05) is 0 Å². The van der Waals surface area contributed by atoms with E-state index in [0.29, 0.717) is 0 Å². The van der Waals surface area contributed by atoms with Crippen LogP contribution in [0.15, 0.2) is 0 Å². The van der Waals surface area contributed by atoms with Crippen LogP contribution in [0, 0.1) is 0 Å². The number of hydrogen-bond donors (Lipinski definition) is 0. The first-order valence-electron chi connectivity index (χ1n) is 9.53. The Kier molecular flexibility index (Phi) is 15.8. The Bertz CT molecular complexity index is 258. The van der Waals surface area contributed by atoms with Gasteiger partial charge in [-0.15, -0.1) is 0 Å². The predicted octanol–water partition coefficient (Wildman–Crippen LogP) is 5.29. The molecule has 0 amide bonds. The molecule has 0 heterocycles. The fourth-order valence-corrected chi connectivity index (χ4v) is 42.4. The molecule has 0 saturated carbocycles. The maximum atomic E-state index is 6.86. The van der Waals surface area contributed by atoms with Gasteiger partial charge in [0.25, 0.3) is 0 Å². The fraction of sp³-hybridized carbons (Fsp3) is 1.00. The molecule has 4 radical (unpaired) electrons. The van der Waals surface area contributed by atoms with Gasteiger partial charge in [-0.2, -0.15) is 0 Å². The zero-order valence-corrected chi connectivity index (χ0v) is 21.6. The minimum absolute atomic E-state index is 0.807. The van der Waals surface area contributed by atoms with Gasteiger partial charge in [0.05, 0.1) is 0 Å². The molecular weight excluding hydrogens is 499 g/mol. The van der Waals surface area contributed by atoms with Crippen molar-refractivity contribution >= 4 is 54.5 Å². The van der Waals surface area contributed by atoms with Crippen LogP contribution in [-0.4, -0.2) is 54.5 Å². The number of rotatable bonds is 16. The van der Waals surface area contributed by atoms with Crippen molar-refractivity contribution in [2.45, 2.75) is 96.8 Å². The standard InChI is InChI=1S/4C4H9.2BO.O.2Sn/c4*1-3-4-2;2*1-2;;;/h4*1,3-4H2,2H3;;;;;/q;;;;2*-1;;;+2. The zero-order valence-electron chi connectivity index (χ0n) is 15.9. The first-order valence-corrected chi connectivity index (χ1v) is 22.3. The van der Waals surface area contributed by atoms with Crippen LogP contribution < -0.4 is 0 Å². The second kappa shape index (κ2) is 14.7. The summed E-state index contributed by atoms with van der Waals surface area (Å²) < 4.78 is 22.2. The Morgan fingerprint density at radius 2 is 0.957 bits per heavy atom. The van der Waals surface area contributed by atoms with Crippen molar-refractivity contribution in [1.29, 1.82) is 0 Å². The van der Waals surface area contributed by atoms with Crippen LogP contribution in [0.25, 0.3) is 0 Å². The first-order chi connectivity index (χ1) is 11.1. The van der Waals surface area contributed by atoms with Crippen LogP contribution in [-0.2, 0) is 7.39 Å². The molecule has 132 valence electrons. The van der Waals surface area contributed by atoms with Crippen molar-refractivity contribution in [1.82, 2.24) is 0 Å². The molecular formula is C16H36B2O3Sn2. The summed E-state index contributed by atoms with van der Waals surface area (Å²) in [6.45, 7) is 8.92. The summed E-state index contributed by atoms with van der Waals surface area (Å²) in [6, 6.07) is 0. The van der Waals surface area contributed by atoms with Gasteiger partial charge in [0.2, 0.25) is 0 Å². The molecule has 0 aromatic heterocycles. The van der Waals surface area contributed by atoms with Crippen LogP contribution in [0.3, 0.4) is 0 Å². The van der Waals surface area contributed by atoms with Gasteiger partial charge >= 0.3 is 159 Å². The third-order valence-electron chi connectivity index (χ3n) is 4.53. The number of unbranched alkanes of at least 4 members (excludes halogenated alkanes) is 4. The fourth-order valence-electron chi connectivity index (χ4n) is 2.99. The third kappa shape index (κ3) is 9.76. The quantitative estimate of drug-likeness (QED) is 0.252. The van der Waals surface area contributed by atoms with Crippen LogP contribution in [0.4, 0.5) is 0 Å². The van der Waals surface area contributed by atoms with Crippen molar-refractivity contribution in [2.75, 3.05) is 0 Å². The monoisotopic (exact) mass is 538 g/mol. The van der Waals surface area contributed by atoms with Crippen molar-refractivity contribution < 1.29 is 7.39 Å². The van der Waals surface area contributed by atoms with Gasteiger partial charge in [-0.3, -0.25) is 0 Å². The topological polar surface area (TPSA) is 27.7 Å². The average Bonchev–Trinajstić information content (AvgIpc) is 2.59. The summed E-state index contributed by atoms with van der Waals surface area (Å²) in [7, 11) is 11.3. The molecule has 0 rings (SSSR count). The molecule has 23 heavy (non-hydrogen) atoms. The Labute approximate surface area is 157 Å². The van der Waals surface area contributed by atoms with E-state index in [9.17, 15) is 0 Å². The van der Waals surface area contributed by atoms with Gasteiger partial charge in [-0.05, 0) is 0 Å². The maximum absolute atomic E-state index is 6.86. The summed E-state index contributed by atoms with van der Waals surface area (Å²) in [6.07, 6.45) is 9.47. The summed E-state index contributed by atoms with van der Waals surface area (Å²) in [5, 5.41) is 0. The molecule has 7 heteroatoms. The molecule has 0 aromatic rings. The van der Waals surface area contributed by atoms with E-state index in [1.807, 2.05) is 0 Å². The summed E-state index contributed by atoms with van der Waals surface area (Å²) in [5.74, 6) is 0. The van der Waals surface area contributed by atoms with Crippen molar-refractivity contribution in [2.24, 2.45) is 0 Å². The molecule has 0 aromatic carbocycles. The van der Waals surface area contributed by atoms with E-state index in [1.165, 1.54) is 51.8 Å². The average molecular weight is 536 g/mol. The van der Waals surface area contributed by atoms with E-state index in [1.54, 1.807) is 0 Å². The van der Waals surface area contributed by atoms with E-state index >= 15 is 0 Å². The molecule has 0 aliphatic carbocycles. The Balaban J connectivity index is 5.28. The van der Waals surface area contributed by atoms with Gasteiger partial charge < -0.3 is 0 Å². The van der Waals surface area contributed by atoms with Crippen LogP contribution in [0.2, 0.25) is 17.7 Å². The molecule has 0 spiro atoms. The van der Waals surface area contributed by atoms with Crippen molar-refractivity contribution in [3.8, 4) is 0 Å². The second-order valence-corrected chi connectivity index (χ2v) is 28.8. The minimum atomic E-state index is -3.75. The Hall–Kier alpha value is 1.61. The van der Waals surface area contributed by atoms with Crippen molar-refractivity contribution in [3.05, 3.63) is 0 Å². The molecule has 0 bridgehead atoms. The van der Waals surface area contributed by atoms with Gasteiger partial charge in [-0.25, -0.2) is 0 Å². The molecule has 0 N–H and O–H groups in total.